The third-order valence-corrected chi connectivity index (χ3v) is 13.0. The third-order valence-electron chi connectivity index (χ3n) is 13.0. The quantitative estimate of drug-likeness (QED) is 0.101. The van der Waals surface area contributed by atoms with Crippen molar-refractivity contribution in [1.82, 2.24) is 9.80 Å². The van der Waals surface area contributed by atoms with Crippen molar-refractivity contribution in [1.29, 1.82) is 0 Å². The van der Waals surface area contributed by atoms with Gasteiger partial charge in [0.2, 0.25) is 0 Å². The predicted octanol–water partition coefficient (Wildman–Crippen LogP) is 13.6. The van der Waals surface area contributed by atoms with Crippen LogP contribution >= 0.6 is 0 Å². The molecule has 50 heavy (non-hydrogen) atoms. The van der Waals surface area contributed by atoms with Crippen LogP contribution in [0.3, 0.4) is 0 Å². The molecule has 2 aliphatic heterocycles. The first kappa shape index (κ1) is 39.9. The summed E-state index contributed by atoms with van der Waals surface area (Å²) in [5.41, 5.74) is 6.10. The van der Waals surface area contributed by atoms with Crippen molar-refractivity contribution in [3.05, 3.63) is 22.3 Å². The van der Waals surface area contributed by atoms with Crippen molar-refractivity contribution in [2.45, 2.75) is 244 Å². The fourth-order valence-electron chi connectivity index (χ4n) is 9.86. The van der Waals surface area contributed by atoms with E-state index in [1.165, 1.54) is 226 Å². The Morgan fingerprint density at radius 3 is 1.08 bits per heavy atom. The van der Waals surface area contributed by atoms with Gasteiger partial charge >= 0.3 is 0 Å². The summed E-state index contributed by atoms with van der Waals surface area (Å²) >= 11 is 0. The molecule has 4 aliphatic rings. The van der Waals surface area contributed by atoms with Gasteiger partial charge in [0, 0.05) is 47.4 Å². The molecule has 0 spiro atoms. The smallest absolute Gasteiger partial charge is 0.142 e. The molecule has 1 aromatic rings. The molecule has 0 N–H and O–H groups in total. The highest BCUT2D eigenvalue weighted by molar-refractivity contribution is 5.60. The molecule has 0 unspecified atom stereocenters. The van der Waals surface area contributed by atoms with Crippen molar-refractivity contribution in [3.8, 4) is 11.5 Å². The number of nitrogens with zero attached hydrogens (tertiary/aromatic N) is 2. The molecule has 4 heteroatoms. The Morgan fingerprint density at radius 1 is 0.420 bits per heavy atom. The molecule has 2 saturated carbocycles. The topological polar surface area (TPSA) is 24.9 Å². The molecule has 0 saturated heterocycles. The van der Waals surface area contributed by atoms with Crippen molar-refractivity contribution < 1.29 is 9.47 Å². The Balaban J connectivity index is 1.28. The monoisotopic (exact) mass is 693 g/mol. The van der Waals surface area contributed by atoms with Crippen LogP contribution in [0.4, 0.5) is 0 Å². The summed E-state index contributed by atoms with van der Waals surface area (Å²) in [6.07, 6.45) is 43.8. The van der Waals surface area contributed by atoms with E-state index in [-0.39, 0.29) is 0 Å². The van der Waals surface area contributed by atoms with Gasteiger partial charge in [-0.15, -0.1) is 0 Å². The van der Waals surface area contributed by atoms with E-state index in [0.717, 1.165) is 39.4 Å². The van der Waals surface area contributed by atoms with Gasteiger partial charge in [-0.3, -0.25) is 9.80 Å². The highest BCUT2D eigenvalue weighted by Gasteiger charge is 2.36. The molecule has 286 valence electrons. The molecule has 0 atom stereocenters. The van der Waals surface area contributed by atoms with Crippen LogP contribution in [0.5, 0.6) is 11.5 Å². The number of hydrogen-bond donors (Lipinski definition) is 0. The molecule has 0 amide bonds. The number of rotatable bonds is 24. The van der Waals surface area contributed by atoms with Crippen LogP contribution in [0.25, 0.3) is 0 Å². The molecule has 5 rings (SSSR count). The van der Waals surface area contributed by atoms with Crippen LogP contribution in [-0.2, 0) is 25.9 Å². The average Bonchev–Trinajstić information content (AvgIpc) is 3.17. The maximum Gasteiger partial charge on any atom is 0.142 e. The van der Waals surface area contributed by atoms with Gasteiger partial charge in [0.15, 0.2) is 0 Å². The summed E-state index contributed by atoms with van der Waals surface area (Å²) in [5, 5.41) is 0. The van der Waals surface area contributed by atoms with Crippen LogP contribution in [0.15, 0.2) is 0 Å². The summed E-state index contributed by atoms with van der Waals surface area (Å²) in [7, 11) is 0. The number of fused-ring (bicyclic) bond motifs is 2. The summed E-state index contributed by atoms with van der Waals surface area (Å²) in [5.74, 6) is 2.59. The zero-order valence-electron chi connectivity index (χ0n) is 33.3. The molecule has 2 aliphatic carbocycles. The van der Waals surface area contributed by atoms with Crippen LogP contribution in [0.2, 0.25) is 0 Å². The number of ether oxygens (including phenoxy) is 2. The third kappa shape index (κ3) is 12.4. The molecule has 0 bridgehead atoms. The summed E-state index contributed by atoms with van der Waals surface area (Å²) in [6, 6.07) is 1.37. The molecule has 0 radical (unpaired) electrons. The minimum atomic E-state index is 0.686. The fraction of sp³-hybridized carbons (Fsp3) is 0.870. The van der Waals surface area contributed by atoms with Gasteiger partial charge < -0.3 is 9.47 Å². The van der Waals surface area contributed by atoms with Crippen molar-refractivity contribution in [3.63, 3.8) is 0 Å². The van der Waals surface area contributed by atoms with E-state index in [1.54, 1.807) is 0 Å². The predicted molar refractivity (Wildman–Crippen MR) is 213 cm³/mol. The molecule has 2 fully saturated rings. The minimum absolute atomic E-state index is 0.686. The van der Waals surface area contributed by atoms with E-state index in [4.69, 9.17) is 9.47 Å². The lowest BCUT2D eigenvalue weighted by molar-refractivity contribution is 0.0302. The molecule has 1 aromatic carbocycles. The highest BCUT2D eigenvalue weighted by Crippen LogP contribution is 2.46. The number of benzene rings is 1. The van der Waals surface area contributed by atoms with E-state index >= 15 is 0 Å². The van der Waals surface area contributed by atoms with Gasteiger partial charge in [-0.25, -0.2) is 0 Å². The first-order valence-corrected chi connectivity index (χ1v) is 22.7. The second-order valence-electron chi connectivity index (χ2n) is 17.1. The molecular formula is C46H80N2O2. The van der Waals surface area contributed by atoms with Gasteiger partial charge in [-0.2, -0.15) is 0 Å². The Bertz CT molecular complexity index is 975. The zero-order chi connectivity index (χ0) is 34.6. The largest absolute Gasteiger partial charge is 0.477 e. The van der Waals surface area contributed by atoms with Gasteiger partial charge in [0.05, 0.1) is 0 Å². The van der Waals surface area contributed by atoms with Crippen LogP contribution in [-0.4, -0.2) is 35.3 Å². The van der Waals surface area contributed by atoms with Gasteiger partial charge in [-0.05, 0) is 51.4 Å². The maximum absolute atomic E-state index is 7.00. The maximum atomic E-state index is 7.00. The van der Waals surface area contributed by atoms with Crippen LogP contribution < -0.4 is 9.47 Å². The van der Waals surface area contributed by atoms with Crippen LogP contribution in [0, 0.1) is 0 Å². The summed E-state index contributed by atoms with van der Waals surface area (Å²) < 4.78 is 14.0. The van der Waals surface area contributed by atoms with E-state index in [9.17, 15) is 0 Å². The summed E-state index contributed by atoms with van der Waals surface area (Å²) in [6.45, 7) is 8.34. The minimum Gasteiger partial charge on any atom is -0.477 e. The van der Waals surface area contributed by atoms with Gasteiger partial charge in [0.1, 0.15) is 25.0 Å². The van der Waals surface area contributed by atoms with Crippen molar-refractivity contribution in [2.75, 3.05) is 13.5 Å². The molecule has 2 heterocycles. The highest BCUT2D eigenvalue weighted by atomic mass is 16.5. The van der Waals surface area contributed by atoms with E-state index < -0.39 is 0 Å². The van der Waals surface area contributed by atoms with Crippen molar-refractivity contribution in [2.24, 2.45) is 0 Å². The Morgan fingerprint density at radius 2 is 0.740 bits per heavy atom. The van der Waals surface area contributed by atoms with E-state index in [1.807, 2.05) is 0 Å². The Labute approximate surface area is 310 Å². The lowest BCUT2D eigenvalue weighted by Crippen LogP contribution is -2.44. The zero-order valence-corrected chi connectivity index (χ0v) is 33.3. The van der Waals surface area contributed by atoms with Gasteiger partial charge in [0.25, 0.3) is 0 Å². The van der Waals surface area contributed by atoms with E-state index in [0.29, 0.717) is 12.1 Å². The second kappa shape index (κ2) is 23.4. The Kier molecular flexibility index (Phi) is 18.7. The Hall–Kier alpha value is -1.26. The second-order valence-corrected chi connectivity index (χ2v) is 17.1. The SMILES string of the molecule is CCCCCCCCCCCCc1c2c(c(CCCCCCCCCCCC)c3c1OCN(C1CCCCC1)C3)OCN(C1CCCCC1)C2. The van der Waals surface area contributed by atoms with Crippen LogP contribution in [0.1, 0.15) is 229 Å². The average molecular weight is 693 g/mol. The number of hydrogen-bond acceptors (Lipinski definition) is 4. The van der Waals surface area contributed by atoms with Crippen molar-refractivity contribution >= 4 is 0 Å². The fourth-order valence-corrected chi connectivity index (χ4v) is 9.86. The summed E-state index contributed by atoms with van der Waals surface area (Å²) in [4.78, 5) is 5.41. The first-order chi connectivity index (χ1) is 24.8. The van der Waals surface area contributed by atoms with E-state index in [2.05, 4.69) is 23.6 Å². The first-order valence-electron chi connectivity index (χ1n) is 22.7. The lowest BCUT2D eigenvalue weighted by Gasteiger charge is -2.42. The molecular weight excluding hydrogens is 613 g/mol. The number of unbranched alkanes of at least 4 members (excludes halogenated alkanes) is 18. The standard InChI is InChI=1S/C46H80N2O2/c1-3-5-7-9-11-13-15-17-19-27-33-41-43-35-47(39-29-23-21-24-30-39)38-50-46(43)42(34-28-20-18-16-14-12-10-8-6-4-2)44-36-48(37-49-45(41)44)40-31-25-22-26-32-40/h39-40H,3-38H2,1-2H3. The normalized spacial score (nSPS) is 19.2. The lowest BCUT2D eigenvalue weighted by atomic mass is 9.86. The van der Waals surface area contributed by atoms with Gasteiger partial charge in [-0.1, -0.05) is 168 Å². The molecule has 0 aromatic heterocycles. The molecule has 4 nitrogen and oxygen atoms in total.